The Bertz CT molecular complexity index is 635. The van der Waals surface area contributed by atoms with Gasteiger partial charge in [-0.3, -0.25) is 0 Å². The molecule has 1 aliphatic carbocycles. The summed E-state index contributed by atoms with van der Waals surface area (Å²) in [6.45, 7) is 4.26. The Morgan fingerprint density at radius 1 is 1.29 bits per heavy atom. The van der Waals surface area contributed by atoms with Gasteiger partial charge in [-0.25, -0.2) is 9.37 Å². The lowest BCUT2D eigenvalue weighted by molar-refractivity contribution is 0.429. The summed E-state index contributed by atoms with van der Waals surface area (Å²) in [6, 6.07) is 5.21. The van der Waals surface area contributed by atoms with Crippen LogP contribution in [0, 0.1) is 11.7 Å². The number of fused-ring (bicyclic) bond motifs is 1. The van der Waals surface area contributed by atoms with Gasteiger partial charge in [-0.15, -0.1) is 11.6 Å². The molecule has 1 saturated carbocycles. The number of imidazole rings is 1. The maximum absolute atomic E-state index is 13.7. The van der Waals surface area contributed by atoms with E-state index in [1.807, 2.05) is 6.92 Å². The van der Waals surface area contributed by atoms with Gasteiger partial charge in [-0.05, 0) is 50.3 Å². The fraction of sp³-hybridized carbons (Fsp3) is 0.588. The highest BCUT2D eigenvalue weighted by Gasteiger charge is 2.24. The van der Waals surface area contributed by atoms with Crippen molar-refractivity contribution in [3.05, 3.63) is 29.8 Å². The standard InChI is InChI=1S/C17H22ClFN2/c1-11-4-3-5-14(8-6-11)21-16-10-13(19)7-9-15(16)20-17(21)12(2)18/h7,9-12,14H,3-6,8H2,1-2H3. The van der Waals surface area contributed by atoms with Crippen molar-refractivity contribution in [2.24, 2.45) is 5.92 Å². The monoisotopic (exact) mass is 308 g/mol. The second-order valence-corrected chi connectivity index (χ2v) is 7.01. The molecule has 0 bridgehead atoms. The van der Waals surface area contributed by atoms with Crippen LogP contribution in [0.25, 0.3) is 11.0 Å². The molecule has 1 fully saturated rings. The summed E-state index contributed by atoms with van der Waals surface area (Å²) in [5.74, 6) is 1.44. The molecular formula is C17H22ClFN2. The zero-order valence-corrected chi connectivity index (χ0v) is 13.4. The van der Waals surface area contributed by atoms with Gasteiger partial charge in [0.25, 0.3) is 0 Å². The van der Waals surface area contributed by atoms with E-state index in [4.69, 9.17) is 11.6 Å². The molecule has 1 aliphatic rings. The zero-order valence-electron chi connectivity index (χ0n) is 12.6. The van der Waals surface area contributed by atoms with E-state index in [2.05, 4.69) is 16.5 Å². The lowest BCUT2D eigenvalue weighted by Gasteiger charge is -2.21. The summed E-state index contributed by atoms with van der Waals surface area (Å²) in [7, 11) is 0. The van der Waals surface area contributed by atoms with E-state index in [0.29, 0.717) is 6.04 Å². The van der Waals surface area contributed by atoms with Crippen molar-refractivity contribution in [2.45, 2.75) is 57.4 Å². The molecule has 0 aliphatic heterocycles. The molecule has 3 unspecified atom stereocenters. The summed E-state index contributed by atoms with van der Waals surface area (Å²) < 4.78 is 15.9. The number of aromatic nitrogens is 2. The molecule has 0 amide bonds. The summed E-state index contributed by atoms with van der Waals surface area (Å²) in [6.07, 6.45) is 5.97. The Kier molecular flexibility index (Phi) is 4.21. The van der Waals surface area contributed by atoms with E-state index in [9.17, 15) is 4.39 Å². The third-order valence-electron chi connectivity index (χ3n) is 4.63. The first kappa shape index (κ1) is 14.8. The third kappa shape index (κ3) is 2.94. The fourth-order valence-corrected chi connectivity index (χ4v) is 3.63. The van der Waals surface area contributed by atoms with Crippen LogP contribution >= 0.6 is 11.6 Å². The van der Waals surface area contributed by atoms with Crippen LogP contribution in [-0.2, 0) is 0 Å². The molecule has 0 radical (unpaired) electrons. The van der Waals surface area contributed by atoms with Crippen molar-refractivity contribution in [1.82, 2.24) is 9.55 Å². The Balaban J connectivity index is 2.09. The molecule has 0 N–H and O–H groups in total. The molecule has 21 heavy (non-hydrogen) atoms. The van der Waals surface area contributed by atoms with Gasteiger partial charge in [0, 0.05) is 6.04 Å². The fourth-order valence-electron chi connectivity index (χ4n) is 3.47. The Hall–Kier alpha value is -1.09. The number of alkyl halides is 1. The minimum Gasteiger partial charge on any atom is -0.324 e. The molecule has 0 saturated heterocycles. The van der Waals surface area contributed by atoms with Crippen LogP contribution in [0.5, 0.6) is 0 Å². The normalized spacial score (nSPS) is 25.0. The van der Waals surface area contributed by atoms with Crippen molar-refractivity contribution < 1.29 is 4.39 Å². The molecule has 1 heterocycles. The van der Waals surface area contributed by atoms with Gasteiger partial charge >= 0.3 is 0 Å². The van der Waals surface area contributed by atoms with Gasteiger partial charge in [-0.1, -0.05) is 19.8 Å². The highest BCUT2D eigenvalue weighted by Crippen LogP contribution is 2.36. The van der Waals surface area contributed by atoms with Crippen molar-refractivity contribution in [2.75, 3.05) is 0 Å². The Morgan fingerprint density at radius 3 is 2.86 bits per heavy atom. The highest BCUT2D eigenvalue weighted by atomic mass is 35.5. The number of nitrogens with zero attached hydrogens (tertiary/aromatic N) is 2. The lowest BCUT2D eigenvalue weighted by Crippen LogP contribution is -2.12. The molecule has 4 heteroatoms. The van der Waals surface area contributed by atoms with Crippen LogP contribution in [0.2, 0.25) is 0 Å². The van der Waals surface area contributed by atoms with Crippen LogP contribution in [-0.4, -0.2) is 9.55 Å². The van der Waals surface area contributed by atoms with Crippen LogP contribution in [0.15, 0.2) is 18.2 Å². The average Bonchev–Trinajstić information content (AvgIpc) is 2.68. The molecule has 2 nitrogen and oxygen atoms in total. The van der Waals surface area contributed by atoms with Gasteiger partial charge in [0.1, 0.15) is 11.6 Å². The second-order valence-electron chi connectivity index (χ2n) is 6.36. The first-order chi connectivity index (χ1) is 10.1. The number of halogens is 2. The van der Waals surface area contributed by atoms with E-state index in [1.165, 1.54) is 25.3 Å². The number of hydrogen-bond donors (Lipinski definition) is 0. The predicted molar refractivity (Wildman–Crippen MR) is 85.2 cm³/mol. The number of benzene rings is 1. The first-order valence-electron chi connectivity index (χ1n) is 7.87. The molecule has 114 valence electrons. The number of hydrogen-bond acceptors (Lipinski definition) is 1. The van der Waals surface area contributed by atoms with E-state index in [0.717, 1.165) is 35.6 Å². The van der Waals surface area contributed by atoms with Crippen LogP contribution < -0.4 is 0 Å². The largest absolute Gasteiger partial charge is 0.324 e. The minimum absolute atomic E-state index is 0.166. The van der Waals surface area contributed by atoms with Crippen LogP contribution in [0.3, 0.4) is 0 Å². The van der Waals surface area contributed by atoms with E-state index in [-0.39, 0.29) is 11.2 Å². The quantitative estimate of drug-likeness (QED) is 0.520. The molecule has 3 rings (SSSR count). The summed E-state index contributed by atoms with van der Waals surface area (Å²) >= 11 is 6.33. The average molecular weight is 309 g/mol. The summed E-state index contributed by atoms with van der Waals surface area (Å²) in [4.78, 5) is 4.64. The summed E-state index contributed by atoms with van der Waals surface area (Å²) in [5.41, 5.74) is 1.73. The van der Waals surface area contributed by atoms with Gasteiger partial charge in [0.15, 0.2) is 0 Å². The van der Waals surface area contributed by atoms with Crippen molar-refractivity contribution in [1.29, 1.82) is 0 Å². The van der Waals surface area contributed by atoms with Gasteiger partial charge in [0.05, 0.1) is 16.4 Å². The molecule has 2 aromatic rings. The second kappa shape index (κ2) is 5.96. The predicted octanol–water partition coefficient (Wildman–Crippen LogP) is 5.62. The zero-order chi connectivity index (χ0) is 15.0. The highest BCUT2D eigenvalue weighted by molar-refractivity contribution is 6.20. The van der Waals surface area contributed by atoms with Crippen molar-refractivity contribution >= 4 is 22.6 Å². The maximum atomic E-state index is 13.7. The first-order valence-corrected chi connectivity index (χ1v) is 8.31. The van der Waals surface area contributed by atoms with Crippen LogP contribution in [0.1, 0.15) is 63.2 Å². The Morgan fingerprint density at radius 2 is 2.10 bits per heavy atom. The summed E-state index contributed by atoms with van der Waals surface area (Å²) in [5, 5.41) is -0.166. The van der Waals surface area contributed by atoms with Gasteiger partial charge in [0.2, 0.25) is 0 Å². The molecule has 1 aromatic carbocycles. The minimum atomic E-state index is -0.209. The molecule has 3 atom stereocenters. The third-order valence-corrected chi connectivity index (χ3v) is 4.82. The van der Waals surface area contributed by atoms with Crippen molar-refractivity contribution in [3.8, 4) is 0 Å². The van der Waals surface area contributed by atoms with E-state index >= 15 is 0 Å². The smallest absolute Gasteiger partial charge is 0.127 e. The molecule has 0 spiro atoms. The number of rotatable bonds is 2. The maximum Gasteiger partial charge on any atom is 0.127 e. The molecular weight excluding hydrogens is 287 g/mol. The van der Waals surface area contributed by atoms with E-state index in [1.54, 1.807) is 12.1 Å². The van der Waals surface area contributed by atoms with E-state index < -0.39 is 0 Å². The van der Waals surface area contributed by atoms with Crippen LogP contribution in [0.4, 0.5) is 4.39 Å². The SMILES string of the molecule is CC1CCCC(n2c(C(C)Cl)nc3ccc(F)cc32)CC1. The Labute approximate surface area is 130 Å². The van der Waals surface area contributed by atoms with Crippen molar-refractivity contribution in [3.63, 3.8) is 0 Å². The molecule has 1 aromatic heterocycles. The topological polar surface area (TPSA) is 17.8 Å². The lowest BCUT2D eigenvalue weighted by atomic mass is 10.0. The van der Waals surface area contributed by atoms with Gasteiger partial charge < -0.3 is 4.57 Å². The van der Waals surface area contributed by atoms with Gasteiger partial charge in [-0.2, -0.15) is 0 Å².